The summed E-state index contributed by atoms with van der Waals surface area (Å²) >= 11 is 0. The first-order chi connectivity index (χ1) is 4.30. The lowest BCUT2D eigenvalue weighted by molar-refractivity contribution is -0.150. The summed E-state index contributed by atoms with van der Waals surface area (Å²) in [4.78, 5) is 10.0. The van der Waals surface area contributed by atoms with Gasteiger partial charge in [0.1, 0.15) is 0 Å². The molecule has 1 atom stereocenters. The van der Waals surface area contributed by atoms with Crippen molar-refractivity contribution in [2.75, 3.05) is 0 Å². The van der Waals surface area contributed by atoms with Gasteiger partial charge in [-0.05, 0) is 12.2 Å². The zero-order chi connectivity index (χ0) is 6.69. The molecule has 0 saturated carbocycles. The lowest BCUT2D eigenvalue weighted by atomic mass is 10.3. The molecule has 1 radical (unpaired) electrons. The highest BCUT2D eigenvalue weighted by atomic mass is 16.5. The zero-order valence-electron chi connectivity index (χ0n) is 4.61. The van der Waals surface area contributed by atoms with Crippen molar-refractivity contribution in [3.63, 3.8) is 0 Å². The molecule has 0 fully saturated rings. The predicted octanol–water partition coefficient (Wildman–Crippen LogP) is 0.412. The topological polar surface area (TPSA) is 46.2 Å². The van der Waals surface area contributed by atoms with Crippen LogP contribution in [-0.2, 0) is 14.6 Å². The lowest BCUT2D eigenvalue weighted by Crippen LogP contribution is -2.18. The van der Waals surface area contributed by atoms with Crippen LogP contribution in [0.25, 0.3) is 0 Å². The van der Waals surface area contributed by atoms with Crippen molar-refractivity contribution in [1.82, 2.24) is 0 Å². The van der Waals surface area contributed by atoms with E-state index in [-0.39, 0.29) is 0 Å². The molecule has 3 heteroatoms. The van der Waals surface area contributed by atoms with Crippen molar-refractivity contribution in [2.45, 2.75) is 6.10 Å². The molecule has 0 N–H and O–H groups in total. The SMILES string of the molecule is [O]C(=O)C1C=CC=CO1. The first-order valence-corrected chi connectivity index (χ1v) is 2.50. The Morgan fingerprint density at radius 1 is 1.44 bits per heavy atom. The molecule has 1 aliphatic heterocycles. The van der Waals surface area contributed by atoms with Gasteiger partial charge in [0.25, 0.3) is 0 Å². The number of hydrogen-bond donors (Lipinski definition) is 0. The standard InChI is InChI=1S/C6H5O3/c7-6(8)5-3-1-2-4-9-5/h1-5H. The summed E-state index contributed by atoms with van der Waals surface area (Å²) in [7, 11) is 0. The maximum absolute atomic E-state index is 10.0. The van der Waals surface area contributed by atoms with E-state index >= 15 is 0 Å². The van der Waals surface area contributed by atoms with E-state index < -0.39 is 12.1 Å². The van der Waals surface area contributed by atoms with E-state index in [0.717, 1.165) is 0 Å². The van der Waals surface area contributed by atoms with E-state index in [2.05, 4.69) is 4.74 Å². The molecule has 0 bridgehead atoms. The highest BCUT2D eigenvalue weighted by molar-refractivity contribution is 5.74. The Bertz CT molecular complexity index is 169. The number of allylic oxidation sites excluding steroid dienone is 2. The number of hydrogen-bond acceptors (Lipinski definition) is 2. The minimum absolute atomic E-state index is 0.907. The summed E-state index contributed by atoms with van der Waals surface area (Å²) < 4.78 is 4.61. The van der Waals surface area contributed by atoms with Crippen molar-refractivity contribution in [1.29, 1.82) is 0 Å². The van der Waals surface area contributed by atoms with E-state index in [0.29, 0.717) is 0 Å². The zero-order valence-corrected chi connectivity index (χ0v) is 4.61. The van der Waals surface area contributed by atoms with Crippen LogP contribution in [0.2, 0.25) is 0 Å². The molecular weight excluding hydrogens is 120 g/mol. The van der Waals surface area contributed by atoms with Crippen LogP contribution in [0.1, 0.15) is 0 Å². The third-order valence-corrected chi connectivity index (χ3v) is 0.933. The molecule has 0 aliphatic carbocycles. The third-order valence-electron chi connectivity index (χ3n) is 0.933. The van der Waals surface area contributed by atoms with Crippen LogP contribution in [0.4, 0.5) is 0 Å². The Balaban J connectivity index is 2.56. The normalized spacial score (nSPS) is 23.3. The molecule has 9 heavy (non-hydrogen) atoms. The van der Waals surface area contributed by atoms with Gasteiger partial charge in [-0.25, -0.2) is 9.90 Å². The van der Waals surface area contributed by atoms with E-state index in [1.807, 2.05) is 0 Å². The number of ether oxygens (including phenoxy) is 1. The van der Waals surface area contributed by atoms with Gasteiger partial charge in [-0.3, -0.25) is 0 Å². The van der Waals surface area contributed by atoms with Crippen LogP contribution in [0.5, 0.6) is 0 Å². The Hall–Kier alpha value is -1.25. The predicted molar refractivity (Wildman–Crippen MR) is 28.8 cm³/mol. The van der Waals surface area contributed by atoms with Gasteiger partial charge in [0.15, 0.2) is 0 Å². The highest BCUT2D eigenvalue weighted by Gasteiger charge is 2.16. The molecule has 3 nitrogen and oxygen atoms in total. The average molecular weight is 125 g/mol. The summed E-state index contributed by atoms with van der Waals surface area (Å²) in [6.45, 7) is 0. The Kier molecular flexibility index (Phi) is 1.53. The van der Waals surface area contributed by atoms with Gasteiger partial charge in [-0.1, -0.05) is 6.08 Å². The van der Waals surface area contributed by atoms with Gasteiger partial charge in [0.05, 0.1) is 6.26 Å². The molecular formula is C6H5O3. The lowest BCUT2D eigenvalue weighted by Gasteiger charge is -2.06. The van der Waals surface area contributed by atoms with Gasteiger partial charge in [-0.15, -0.1) is 0 Å². The summed E-state index contributed by atoms with van der Waals surface area (Å²) in [6, 6.07) is 0. The second kappa shape index (κ2) is 2.35. The number of rotatable bonds is 1. The molecule has 0 spiro atoms. The Morgan fingerprint density at radius 3 is 2.56 bits per heavy atom. The van der Waals surface area contributed by atoms with Gasteiger partial charge in [-0.2, -0.15) is 0 Å². The monoisotopic (exact) mass is 125 g/mol. The number of carbonyl (C=O) groups excluding carboxylic acids is 1. The van der Waals surface area contributed by atoms with Gasteiger partial charge in [0, 0.05) is 0 Å². The first-order valence-electron chi connectivity index (χ1n) is 2.50. The molecule has 0 aromatic heterocycles. The molecule has 0 amide bonds. The molecule has 1 heterocycles. The van der Waals surface area contributed by atoms with Crippen molar-refractivity contribution in [3.8, 4) is 0 Å². The van der Waals surface area contributed by atoms with Crippen molar-refractivity contribution < 1.29 is 14.6 Å². The summed E-state index contributed by atoms with van der Waals surface area (Å²) in [5.74, 6) is -1.21. The van der Waals surface area contributed by atoms with Crippen LogP contribution >= 0.6 is 0 Å². The number of carbonyl (C=O) groups is 1. The van der Waals surface area contributed by atoms with Crippen molar-refractivity contribution in [3.05, 3.63) is 24.5 Å². The molecule has 1 aliphatic rings. The van der Waals surface area contributed by atoms with E-state index in [1.165, 1.54) is 12.3 Å². The minimum Gasteiger partial charge on any atom is -0.482 e. The minimum atomic E-state index is -1.21. The van der Waals surface area contributed by atoms with Crippen LogP contribution < -0.4 is 0 Å². The Morgan fingerprint density at radius 2 is 2.22 bits per heavy atom. The maximum Gasteiger partial charge on any atom is 0.399 e. The van der Waals surface area contributed by atoms with Crippen LogP contribution in [0, 0.1) is 0 Å². The fraction of sp³-hybridized carbons (Fsp3) is 0.167. The molecule has 0 saturated heterocycles. The van der Waals surface area contributed by atoms with Gasteiger partial charge in [0.2, 0.25) is 6.10 Å². The van der Waals surface area contributed by atoms with E-state index in [4.69, 9.17) is 0 Å². The maximum atomic E-state index is 10.0. The van der Waals surface area contributed by atoms with E-state index in [1.54, 1.807) is 12.2 Å². The Labute approximate surface area is 52.2 Å². The van der Waals surface area contributed by atoms with Crippen LogP contribution in [0.15, 0.2) is 24.5 Å². The molecule has 0 aromatic carbocycles. The van der Waals surface area contributed by atoms with Crippen molar-refractivity contribution >= 4 is 5.97 Å². The quantitative estimate of drug-likeness (QED) is 0.509. The van der Waals surface area contributed by atoms with Gasteiger partial charge >= 0.3 is 5.97 Å². The van der Waals surface area contributed by atoms with Crippen LogP contribution in [-0.4, -0.2) is 12.1 Å². The summed E-state index contributed by atoms with van der Waals surface area (Å²) in [5.41, 5.74) is 0. The second-order valence-electron chi connectivity index (χ2n) is 1.59. The first kappa shape index (κ1) is 5.88. The molecule has 1 rings (SSSR count). The average Bonchev–Trinajstić information content (AvgIpc) is 1.90. The highest BCUT2D eigenvalue weighted by Crippen LogP contribution is 2.01. The van der Waals surface area contributed by atoms with Gasteiger partial charge < -0.3 is 4.74 Å². The summed E-state index contributed by atoms with van der Waals surface area (Å²) in [6.07, 6.45) is 5.04. The van der Waals surface area contributed by atoms with Crippen molar-refractivity contribution in [2.24, 2.45) is 0 Å². The molecule has 0 aromatic rings. The fourth-order valence-corrected chi connectivity index (χ4v) is 0.520. The largest absolute Gasteiger partial charge is 0.482 e. The van der Waals surface area contributed by atoms with E-state index in [9.17, 15) is 9.90 Å². The molecule has 1 unspecified atom stereocenters. The second-order valence-corrected chi connectivity index (χ2v) is 1.59. The third kappa shape index (κ3) is 1.32. The fourth-order valence-electron chi connectivity index (χ4n) is 0.520. The van der Waals surface area contributed by atoms with Crippen LogP contribution in [0.3, 0.4) is 0 Å². The summed E-state index contributed by atoms with van der Waals surface area (Å²) in [5, 5.41) is 10.0. The molecule has 47 valence electrons. The smallest absolute Gasteiger partial charge is 0.399 e.